The lowest BCUT2D eigenvalue weighted by Crippen LogP contribution is -1.90. The lowest BCUT2D eigenvalue weighted by molar-refractivity contribution is 0.894. The molecule has 0 aliphatic heterocycles. The minimum Gasteiger partial charge on any atom is -0.399 e. The molecule has 1 atom stereocenters. The van der Waals surface area contributed by atoms with Gasteiger partial charge in [0.1, 0.15) is 0 Å². The molecule has 0 spiro atoms. The van der Waals surface area contributed by atoms with Gasteiger partial charge in [0.15, 0.2) is 0 Å². The van der Waals surface area contributed by atoms with E-state index in [4.69, 9.17) is 5.73 Å². The fourth-order valence-corrected chi connectivity index (χ4v) is 1.51. The third kappa shape index (κ3) is 1.27. The van der Waals surface area contributed by atoms with Gasteiger partial charge < -0.3 is 5.73 Å². The number of anilines is 1. The highest BCUT2D eigenvalue weighted by Crippen LogP contribution is 2.25. The van der Waals surface area contributed by atoms with Gasteiger partial charge in [-0.2, -0.15) is 5.10 Å². The van der Waals surface area contributed by atoms with E-state index < -0.39 is 0 Å². The Morgan fingerprint density at radius 3 is 3.07 bits per heavy atom. The van der Waals surface area contributed by atoms with Crippen molar-refractivity contribution in [3.05, 3.63) is 36.5 Å². The highest BCUT2D eigenvalue weighted by molar-refractivity contribution is 5.85. The standard InChI is InChI=1S/C11H13N3/c1-3-7(2)11-9-6-8(12)4-5-10(9)13-14-11/h3-7H,1,12H2,2H3,(H,13,14). The number of nitrogens with one attached hydrogen (secondary N) is 1. The van der Waals surface area contributed by atoms with Crippen molar-refractivity contribution in [3.63, 3.8) is 0 Å². The van der Waals surface area contributed by atoms with E-state index in [2.05, 4.69) is 23.7 Å². The van der Waals surface area contributed by atoms with E-state index in [0.717, 1.165) is 22.3 Å². The fraction of sp³-hybridized carbons (Fsp3) is 0.182. The molecule has 0 bridgehead atoms. The van der Waals surface area contributed by atoms with E-state index >= 15 is 0 Å². The molecule has 1 unspecified atom stereocenters. The maximum atomic E-state index is 5.73. The van der Waals surface area contributed by atoms with Crippen LogP contribution in [-0.2, 0) is 0 Å². The zero-order valence-corrected chi connectivity index (χ0v) is 8.12. The number of rotatable bonds is 2. The summed E-state index contributed by atoms with van der Waals surface area (Å²) in [5, 5.41) is 8.30. The van der Waals surface area contributed by atoms with E-state index in [0.29, 0.717) is 0 Å². The predicted octanol–water partition coefficient (Wildman–Crippen LogP) is 2.43. The number of benzene rings is 1. The number of nitrogen functional groups attached to an aromatic ring is 1. The minimum atomic E-state index is 0.266. The van der Waals surface area contributed by atoms with Crippen LogP contribution in [0.2, 0.25) is 0 Å². The lowest BCUT2D eigenvalue weighted by Gasteiger charge is -2.02. The van der Waals surface area contributed by atoms with E-state index in [1.165, 1.54) is 0 Å². The highest BCUT2D eigenvalue weighted by Gasteiger charge is 2.09. The maximum Gasteiger partial charge on any atom is 0.0925 e. The molecule has 0 amide bonds. The van der Waals surface area contributed by atoms with Crippen LogP contribution < -0.4 is 5.73 Å². The second-order valence-electron chi connectivity index (χ2n) is 3.44. The van der Waals surface area contributed by atoms with Gasteiger partial charge in [-0.3, -0.25) is 5.10 Å². The Labute approximate surface area is 82.6 Å². The van der Waals surface area contributed by atoms with Crippen molar-refractivity contribution in [3.8, 4) is 0 Å². The van der Waals surface area contributed by atoms with E-state index in [1.54, 1.807) is 0 Å². The first-order valence-corrected chi connectivity index (χ1v) is 4.58. The molecule has 3 nitrogen and oxygen atoms in total. The average molecular weight is 187 g/mol. The molecule has 0 saturated heterocycles. The quantitative estimate of drug-likeness (QED) is 0.560. The molecule has 0 fully saturated rings. The number of hydrogen-bond acceptors (Lipinski definition) is 2. The smallest absolute Gasteiger partial charge is 0.0925 e. The molecule has 1 aromatic carbocycles. The topological polar surface area (TPSA) is 54.7 Å². The Hall–Kier alpha value is -1.77. The van der Waals surface area contributed by atoms with Gasteiger partial charge in [0.2, 0.25) is 0 Å². The summed E-state index contributed by atoms with van der Waals surface area (Å²) in [7, 11) is 0. The number of aromatic nitrogens is 2. The van der Waals surface area contributed by atoms with Crippen LogP contribution in [0, 0.1) is 0 Å². The first kappa shape index (κ1) is 8.81. The van der Waals surface area contributed by atoms with Crippen molar-refractivity contribution < 1.29 is 0 Å². The van der Waals surface area contributed by atoms with Crippen LogP contribution in [0.1, 0.15) is 18.5 Å². The molecule has 2 rings (SSSR count). The Morgan fingerprint density at radius 1 is 1.57 bits per heavy atom. The summed E-state index contributed by atoms with van der Waals surface area (Å²) in [6.07, 6.45) is 1.89. The van der Waals surface area contributed by atoms with E-state index in [1.807, 2.05) is 24.3 Å². The molecule has 3 heteroatoms. The number of aromatic amines is 1. The Bertz CT molecular complexity index is 470. The molecule has 72 valence electrons. The molecular formula is C11H13N3. The highest BCUT2D eigenvalue weighted by atomic mass is 15.1. The summed E-state index contributed by atoms with van der Waals surface area (Å²) >= 11 is 0. The van der Waals surface area contributed by atoms with Crippen LogP contribution in [0.4, 0.5) is 5.69 Å². The number of nitrogens with two attached hydrogens (primary N) is 1. The van der Waals surface area contributed by atoms with Gasteiger partial charge in [-0.15, -0.1) is 6.58 Å². The Kier molecular flexibility index (Phi) is 2.00. The maximum absolute atomic E-state index is 5.73. The normalized spacial score (nSPS) is 12.9. The first-order chi connectivity index (χ1) is 6.72. The average Bonchev–Trinajstić information content (AvgIpc) is 2.59. The van der Waals surface area contributed by atoms with Gasteiger partial charge in [-0.25, -0.2) is 0 Å². The molecule has 14 heavy (non-hydrogen) atoms. The molecule has 1 heterocycles. The van der Waals surface area contributed by atoms with Crippen molar-refractivity contribution in [2.75, 3.05) is 5.73 Å². The second-order valence-corrected chi connectivity index (χ2v) is 3.44. The zero-order chi connectivity index (χ0) is 10.1. The largest absolute Gasteiger partial charge is 0.399 e. The van der Waals surface area contributed by atoms with Crippen LogP contribution >= 0.6 is 0 Å². The summed E-state index contributed by atoms with van der Waals surface area (Å²) in [5.74, 6) is 0.266. The third-order valence-electron chi connectivity index (χ3n) is 2.42. The summed E-state index contributed by atoms with van der Waals surface area (Å²) < 4.78 is 0. The number of nitrogens with zero attached hydrogens (tertiary/aromatic N) is 1. The second kappa shape index (κ2) is 3.18. The monoisotopic (exact) mass is 187 g/mol. The van der Waals surface area contributed by atoms with Crippen molar-refractivity contribution in [2.45, 2.75) is 12.8 Å². The van der Waals surface area contributed by atoms with E-state index in [-0.39, 0.29) is 5.92 Å². The summed E-state index contributed by atoms with van der Waals surface area (Å²) in [6, 6.07) is 5.71. The minimum absolute atomic E-state index is 0.266. The summed E-state index contributed by atoms with van der Waals surface area (Å²) in [4.78, 5) is 0. The molecule has 3 N–H and O–H groups in total. The van der Waals surface area contributed by atoms with Crippen molar-refractivity contribution in [1.29, 1.82) is 0 Å². The van der Waals surface area contributed by atoms with Gasteiger partial charge in [0.05, 0.1) is 5.52 Å². The van der Waals surface area contributed by atoms with Crippen molar-refractivity contribution in [2.24, 2.45) is 0 Å². The van der Waals surface area contributed by atoms with Crippen LogP contribution in [-0.4, -0.2) is 10.2 Å². The number of H-pyrrole nitrogens is 1. The van der Waals surface area contributed by atoms with E-state index in [9.17, 15) is 0 Å². The first-order valence-electron chi connectivity index (χ1n) is 4.58. The number of hydrogen-bond donors (Lipinski definition) is 2. The molecule has 0 aliphatic rings. The van der Waals surface area contributed by atoms with Crippen LogP contribution in [0.25, 0.3) is 10.9 Å². The molecule has 2 aromatic rings. The van der Waals surface area contributed by atoms with Gasteiger partial charge in [0, 0.05) is 22.7 Å². The van der Waals surface area contributed by atoms with Crippen LogP contribution in [0.15, 0.2) is 30.9 Å². The Balaban J connectivity index is 2.66. The summed E-state index contributed by atoms with van der Waals surface area (Å²) in [6.45, 7) is 5.84. The van der Waals surface area contributed by atoms with Crippen LogP contribution in [0.3, 0.4) is 0 Å². The molecular weight excluding hydrogens is 174 g/mol. The predicted molar refractivity (Wildman–Crippen MR) is 59.1 cm³/mol. The van der Waals surface area contributed by atoms with Gasteiger partial charge in [-0.1, -0.05) is 13.0 Å². The van der Waals surface area contributed by atoms with Gasteiger partial charge in [0.25, 0.3) is 0 Å². The molecule has 0 radical (unpaired) electrons. The fourth-order valence-electron chi connectivity index (χ4n) is 1.51. The van der Waals surface area contributed by atoms with Crippen molar-refractivity contribution >= 4 is 16.6 Å². The Morgan fingerprint density at radius 2 is 2.36 bits per heavy atom. The number of allylic oxidation sites excluding steroid dienone is 1. The molecule has 0 aliphatic carbocycles. The lowest BCUT2D eigenvalue weighted by atomic mass is 10.0. The van der Waals surface area contributed by atoms with Gasteiger partial charge >= 0.3 is 0 Å². The zero-order valence-electron chi connectivity index (χ0n) is 8.12. The third-order valence-corrected chi connectivity index (χ3v) is 2.42. The van der Waals surface area contributed by atoms with Crippen molar-refractivity contribution in [1.82, 2.24) is 10.2 Å². The van der Waals surface area contributed by atoms with Crippen LogP contribution in [0.5, 0.6) is 0 Å². The summed E-state index contributed by atoms with van der Waals surface area (Å²) in [5.41, 5.74) is 8.51. The molecule has 0 saturated carbocycles. The molecule has 1 aromatic heterocycles. The SMILES string of the molecule is C=CC(C)c1[nH]nc2ccc(N)cc12. The van der Waals surface area contributed by atoms with Gasteiger partial charge in [-0.05, 0) is 18.2 Å². The number of fused-ring (bicyclic) bond motifs is 1.